The molecule has 11 heavy (non-hydrogen) atoms. The van der Waals surface area contributed by atoms with Crippen molar-refractivity contribution in [3.63, 3.8) is 0 Å². The van der Waals surface area contributed by atoms with E-state index in [0.29, 0.717) is 0 Å². The molecule has 0 aliphatic heterocycles. The van der Waals surface area contributed by atoms with Crippen LogP contribution in [0.5, 0.6) is 0 Å². The number of nitrogens with zero attached hydrogens (tertiary/aromatic N) is 1. The zero-order chi connectivity index (χ0) is 8.10. The predicted molar refractivity (Wildman–Crippen MR) is 49.6 cm³/mol. The van der Waals surface area contributed by atoms with Crippen LogP contribution in [0.25, 0.3) is 0 Å². The fourth-order valence-corrected chi connectivity index (χ4v) is 1.95. The third-order valence-electron chi connectivity index (χ3n) is 2.43. The minimum absolute atomic E-state index is 0.813. The van der Waals surface area contributed by atoms with Crippen molar-refractivity contribution in [1.82, 2.24) is 3.94 Å². The molecule has 1 rings (SSSR count). The fraction of sp³-hybridized carbons (Fsp3) is 1.00. The van der Waals surface area contributed by atoms with Crippen LogP contribution in [-0.2, 0) is 0 Å². The summed E-state index contributed by atoms with van der Waals surface area (Å²) in [5.74, 6) is 0.878. The van der Waals surface area contributed by atoms with Gasteiger partial charge in [-0.1, -0.05) is 32.1 Å². The minimum Gasteiger partial charge on any atom is -0.132 e. The van der Waals surface area contributed by atoms with E-state index in [1.165, 1.54) is 36.0 Å². The summed E-state index contributed by atoms with van der Waals surface area (Å²) < 4.78 is 1.24. The second-order valence-electron chi connectivity index (χ2n) is 3.32. The molecule has 1 fully saturated rings. The molecule has 1 aliphatic rings. The Kier molecular flexibility index (Phi) is 4.58. The summed E-state index contributed by atoms with van der Waals surface area (Å²) in [6.45, 7) is 0.813. The molecule has 3 heteroatoms. The second kappa shape index (κ2) is 5.23. The van der Waals surface area contributed by atoms with Crippen molar-refractivity contribution < 1.29 is 0 Å². The van der Waals surface area contributed by atoms with Crippen LogP contribution in [0.4, 0.5) is 0 Å². The zero-order valence-corrected chi connectivity index (χ0v) is 8.24. The molecule has 0 atom stereocenters. The van der Waals surface area contributed by atoms with Crippen molar-refractivity contribution >= 4 is 23.6 Å². The lowest BCUT2D eigenvalue weighted by Gasteiger charge is -2.21. The third-order valence-corrected chi connectivity index (χ3v) is 2.77. The van der Waals surface area contributed by atoms with Crippen LogP contribution < -0.4 is 0 Å². The van der Waals surface area contributed by atoms with Crippen LogP contribution in [0.3, 0.4) is 0 Å². The number of halogens is 2. The van der Waals surface area contributed by atoms with E-state index >= 15 is 0 Å². The van der Waals surface area contributed by atoms with Gasteiger partial charge in [-0.15, -0.1) is 3.94 Å². The van der Waals surface area contributed by atoms with Crippen molar-refractivity contribution in [2.75, 3.05) is 6.54 Å². The van der Waals surface area contributed by atoms with Gasteiger partial charge in [0.25, 0.3) is 0 Å². The predicted octanol–water partition coefficient (Wildman–Crippen LogP) is 3.57. The first-order chi connectivity index (χ1) is 5.29. The molecule has 0 N–H and O–H groups in total. The molecule has 1 nitrogen and oxygen atoms in total. The van der Waals surface area contributed by atoms with E-state index in [2.05, 4.69) is 0 Å². The third kappa shape index (κ3) is 4.19. The second-order valence-corrected chi connectivity index (χ2v) is 4.31. The first-order valence-electron chi connectivity index (χ1n) is 4.38. The quantitative estimate of drug-likeness (QED) is 0.623. The maximum atomic E-state index is 5.50. The monoisotopic (exact) mass is 195 g/mol. The highest BCUT2D eigenvalue weighted by molar-refractivity contribution is 6.33. The van der Waals surface area contributed by atoms with Gasteiger partial charge < -0.3 is 0 Å². The van der Waals surface area contributed by atoms with Gasteiger partial charge in [-0.3, -0.25) is 0 Å². The lowest BCUT2D eigenvalue weighted by molar-refractivity contribution is 0.330. The van der Waals surface area contributed by atoms with E-state index < -0.39 is 0 Å². The Labute approximate surface area is 78.9 Å². The number of hydrogen-bond donors (Lipinski definition) is 0. The molecule has 66 valence electrons. The Balaban J connectivity index is 2.05. The first-order valence-corrected chi connectivity index (χ1v) is 5.06. The lowest BCUT2D eigenvalue weighted by atomic mass is 9.87. The van der Waals surface area contributed by atoms with E-state index in [1.54, 1.807) is 0 Å². The summed E-state index contributed by atoms with van der Waals surface area (Å²) in [4.78, 5) is 0. The molecule has 0 amide bonds. The Hall–Kier alpha value is 0.540. The molecule has 0 aromatic rings. The highest BCUT2D eigenvalue weighted by Gasteiger charge is 2.13. The molecule has 0 aromatic carbocycles. The molecule has 0 unspecified atom stereocenters. The first kappa shape index (κ1) is 9.63. The van der Waals surface area contributed by atoms with Gasteiger partial charge >= 0.3 is 0 Å². The van der Waals surface area contributed by atoms with E-state index in [9.17, 15) is 0 Å². The van der Waals surface area contributed by atoms with E-state index in [-0.39, 0.29) is 0 Å². The van der Waals surface area contributed by atoms with Crippen LogP contribution >= 0.6 is 23.6 Å². The average Bonchev–Trinajstić information content (AvgIpc) is 2.03. The average molecular weight is 196 g/mol. The van der Waals surface area contributed by atoms with Crippen molar-refractivity contribution in [3.8, 4) is 0 Å². The molecule has 1 aliphatic carbocycles. The molecule has 0 spiro atoms. The molecule has 0 saturated heterocycles. The van der Waals surface area contributed by atoms with Crippen molar-refractivity contribution in [1.29, 1.82) is 0 Å². The van der Waals surface area contributed by atoms with Gasteiger partial charge in [0.1, 0.15) is 0 Å². The molecule has 0 bridgehead atoms. The normalized spacial score (nSPS) is 21.0. The topological polar surface area (TPSA) is 3.24 Å². The maximum absolute atomic E-state index is 5.50. The molecule has 0 heterocycles. The van der Waals surface area contributed by atoms with Gasteiger partial charge in [0.05, 0.1) is 0 Å². The van der Waals surface area contributed by atoms with Crippen molar-refractivity contribution in [2.45, 2.75) is 38.5 Å². The van der Waals surface area contributed by atoms with E-state index in [1.807, 2.05) is 0 Å². The minimum atomic E-state index is 0.813. The van der Waals surface area contributed by atoms with Crippen LogP contribution in [0.2, 0.25) is 0 Å². The highest BCUT2D eigenvalue weighted by atomic mass is 35.5. The van der Waals surface area contributed by atoms with Crippen molar-refractivity contribution in [2.24, 2.45) is 5.92 Å². The summed E-state index contributed by atoms with van der Waals surface area (Å²) >= 11 is 11.0. The van der Waals surface area contributed by atoms with Gasteiger partial charge in [0.15, 0.2) is 0 Å². The molecule has 0 radical (unpaired) electrons. The van der Waals surface area contributed by atoms with Crippen LogP contribution in [0, 0.1) is 5.92 Å². The van der Waals surface area contributed by atoms with Crippen LogP contribution in [0.15, 0.2) is 0 Å². The zero-order valence-electron chi connectivity index (χ0n) is 6.73. The molecule has 1 saturated carbocycles. The number of hydrogen-bond acceptors (Lipinski definition) is 1. The largest absolute Gasteiger partial charge is 0.132 e. The Morgan fingerprint density at radius 1 is 1.09 bits per heavy atom. The summed E-state index contributed by atoms with van der Waals surface area (Å²) in [7, 11) is 0. The lowest BCUT2D eigenvalue weighted by Crippen LogP contribution is -2.11. The van der Waals surface area contributed by atoms with Crippen LogP contribution in [-0.4, -0.2) is 10.5 Å². The van der Waals surface area contributed by atoms with Gasteiger partial charge in [-0.2, -0.15) is 0 Å². The van der Waals surface area contributed by atoms with Gasteiger partial charge in [-0.05, 0) is 35.9 Å². The molecular weight excluding hydrogens is 181 g/mol. The van der Waals surface area contributed by atoms with Gasteiger partial charge in [0.2, 0.25) is 0 Å². The Bertz CT molecular complexity index is 100. The fourth-order valence-electron chi connectivity index (χ4n) is 1.76. The summed E-state index contributed by atoms with van der Waals surface area (Å²) in [5, 5.41) is 0. The van der Waals surface area contributed by atoms with Gasteiger partial charge in [-0.25, -0.2) is 0 Å². The van der Waals surface area contributed by atoms with Crippen molar-refractivity contribution in [3.05, 3.63) is 0 Å². The van der Waals surface area contributed by atoms with Crippen LogP contribution in [0.1, 0.15) is 38.5 Å². The number of rotatable bonds is 3. The highest BCUT2D eigenvalue weighted by Crippen LogP contribution is 2.26. The Morgan fingerprint density at radius 2 is 1.73 bits per heavy atom. The van der Waals surface area contributed by atoms with E-state index in [4.69, 9.17) is 23.6 Å². The SMILES string of the molecule is ClN(Cl)CCC1CCCCC1. The Morgan fingerprint density at radius 3 is 2.27 bits per heavy atom. The van der Waals surface area contributed by atoms with Gasteiger partial charge in [0, 0.05) is 6.54 Å². The standard InChI is InChI=1S/C8H15Cl2N/c9-11(10)7-6-8-4-2-1-3-5-8/h8H,1-7H2. The molecular formula is C8H15Cl2N. The maximum Gasteiger partial charge on any atom is 0.0306 e. The summed E-state index contributed by atoms with van der Waals surface area (Å²) in [5.41, 5.74) is 0. The summed E-state index contributed by atoms with van der Waals surface area (Å²) in [6.07, 6.45) is 8.13. The molecule has 0 aromatic heterocycles. The summed E-state index contributed by atoms with van der Waals surface area (Å²) in [6, 6.07) is 0. The van der Waals surface area contributed by atoms with E-state index in [0.717, 1.165) is 18.9 Å². The smallest absolute Gasteiger partial charge is 0.0306 e.